The molecule has 4 aromatic rings. The largest absolute Gasteiger partial charge is 0.493 e. The fourth-order valence-electron chi connectivity index (χ4n) is 4.22. The Morgan fingerprint density at radius 3 is 2.32 bits per heavy atom. The second-order valence-corrected chi connectivity index (χ2v) is 8.97. The molecular formula is C32H29N3O6. The highest BCUT2D eigenvalue weighted by molar-refractivity contribution is 6.29. The van der Waals surface area contributed by atoms with E-state index >= 15 is 0 Å². The van der Waals surface area contributed by atoms with Gasteiger partial charge in [0.2, 0.25) is 0 Å². The van der Waals surface area contributed by atoms with Gasteiger partial charge in [0.05, 0.1) is 30.4 Å². The first kappa shape index (κ1) is 28.6. The predicted molar refractivity (Wildman–Crippen MR) is 158 cm³/mol. The van der Waals surface area contributed by atoms with Crippen molar-refractivity contribution in [2.75, 3.05) is 26.1 Å². The molecule has 0 spiro atoms. The second kappa shape index (κ2) is 13.6. The molecular weight excluding hydrogens is 522 g/mol. The van der Waals surface area contributed by atoms with Gasteiger partial charge in [-0.1, -0.05) is 60.7 Å². The number of hydrogen-bond acceptors (Lipinski definition) is 6. The molecule has 4 aromatic carbocycles. The summed E-state index contributed by atoms with van der Waals surface area (Å²) in [7, 11) is 3.14. The van der Waals surface area contributed by atoms with Gasteiger partial charge >= 0.3 is 0 Å². The monoisotopic (exact) mass is 551 g/mol. The second-order valence-electron chi connectivity index (χ2n) is 8.97. The molecule has 0 aliphatic heterocycles. The van der Waals surface area contributed by atoms with E-state index in [4.69, 9.17) is 9.47 Å². The Bertz CT molecular complexity index is 1580. The third-order valence-corrected chi connectivity index (χ3v) is 6.29. The van der Waals surface area contributed by atoms with Gasteiger partial charge in [0.15, 0.2) is 11.5 Å². The number of nitrogens with zero attached hydrogens (tertiary/aromatic N) is 1. The van der Waals surface area contributed by atoms with Crippen molar-refractivity contribution in [3.63, 3.8) is 0 Å². The lowest BCUT2D eigenvalue weighted by Gasteiger charge is -2.14. The summed E-state index contributed by atoms with van der Waals surface area (Å²) in [5.74, 6) is 0.426. The lowest BCUT2D eigenvalue weighted by atomic mass is 10.0. The van der Waals surface area contributed by atoms with Crippen LogP contribution < -0.4 is 20.1 Å². The summed E-state index contributed by atoms with van der Waals surface area (Å²) >= 11 is 0. The Balaban J connectivity index is 1.52. The van der Waals surface area contributed by atoms with Gasteiger partial charge in [0.25, 0.3) is 17.5 Å². The highest BCUT2D eigenvalue weighted by atomic mass is 16.6. The maximum absolute atomic E-state index is 13.6. The van der Waals surface area contributed by atoms with E-state index in [1.54, 1.807) is 81.0 Å². The number of rotatable bonds is 11. The summed E-state index contributed by atoms with van der Waals surface area (Å²) in [6.45, 7) is 0.360. The lowest BCUT2D eigenvalue weighted by Crippen LogP contribution is -2.27. The van der Waals surface area contributed by atoms with Crippen LogP contribution in [0.3, 0.4) is 0 Å². The number of benzene rings is 4. The molecule has 0 aliphatic carbocycles. The van der Waals surface area contributed by atoms with E-state index in [2.05, 4.69) is 10.6 Å². The SMILES string of the molecule is COc1ccc(CCNC(=O)c2ccccc2NC(=O)/C(=C/c2cccc([N+](=O)[O-])c2)c2ccccc2)cc1OC. The van der Waals surface area contributed by atoms with E-state index in [0.29, 0.717) is 46.8 Å². The first-order valence-electron chi connectivity index (χ1n) is 12.8. The van der Waals surface area contributed by atoms with Gasteiger partial charge in [-0.3, -0.25) is 19.7 Å². The van der Waals surface area contributed by atoms with E-state index in [9.17, 15) is 19.7 Å². The number of amides is 2. The first-order valence-corrected chi connectivity index (χ1v) is 12.8. The Labute approximate surface area is 237 Å². The summed E-state index contributed by atoms with van der Waals surface area (Å²) in [5.41, 5.74) is 2.92. The summed E-state index contributed by atoms with van der Waals surface area (Å²) in [5, 5.41) is 17.0. The topological polar surface area (TPSA) is 120 Å². The number of ether oxygens (including phenoxy) is 2. The molecule has 0 unspecified atom stereocenters. The Hall–Kier alpha value is -5.44. The smallest absolute Gasteiger partial charge is 0.270 e. The maximum Gasteiger partial charge on any atom is 0.270 e. The van der Waals surface area contributed by atoms with Gasteiger partial charge in [0, 0.05) is 24.3 Å². The minimum atomic E-state index is -0.487. The number of nitrogens with one attached hydrogen (secondary N) is 2. The van der Waals surface area contributed by atoms with E-state index in [1.165, 1.54) is 12.1 Å². The van der Waals surface area contributed by atoms with Gasteiger partial charge in [-0.05, 0) is 53.5 Å². The average Bonchev–Trinajstić information content (AvgIpc) is 3.00. The molecule has 9 nitrogen and oxygen atoms in total. The quantitative estimate of drug-likeness (QED) is 0.106. The number of hydrogen-bond donors (Lipinski definition) is 2. The van der Waals surface area contributed by atoms with Gasteiger partial charge in [-0.25, -0.2) is 0 Å². The average molecular weight is 552 g/mol. The molecule has 0 atom stereocenters. The summed E-state index contributed by atoms with van der Waals surface area (Å²) in [6.07, 6.45) is 2.15. The highest BCUT2D eigenvalue weighted by Crippen LogP contribution is 2.28. The molecule has 0 aliphatic rings. The van der Waals surface area contributed by atoms with E-state index in [0.717, 1.165) is 5.56 Å². The van der Waals surface area contributed by atoms with Crippen molar-refractivity contribution in [1.29, 1.82) is 0 Å². The Morgan fingerprint density at radius 1 is 0.854 bits per heavy atom. The van der Waals surface area contributed by atoms with Crippen molar-refractivity contribution >= 4 is 34.8 Å². The van der Waals surface area contributed by atoms with E-state index < -0.39 is 10.8 Å². The maximum atomic E-state index is 13.6. The molecule has 0 bridgehead atoms. The number of carbonyl (C=O) groups is 2. The van der Waals surface area contributed by atoms with Crippen LogP contribution in [-0.4, -0.2) is 37.5 Å². The number of anilines is 1. The molecule has 2 amide bonds. The minimum Gasteiger partial charge on any atom is -0.493 e. The molecule has 208 valence electrons. The van der Waals surface area contributed by atoms with Crippen LogP contribution in [0.25, 0.3) is 11.6 Å². The first-order chi connectivity index (χ1) is 19.9. The van der Waals surface area contributed by atoms with Gasteiger partial charge < -0.3 is 20.1 Å². The van der Waals surface area contributed by atoms with Gasteiger partial charge in [0.1, 0.15) is 0 Å². The molecule has 41 heavy (non-hydrogen) atoms. The molecule has 2 N–H and O–H groups in total. The van der Waals surface area contributed by atoms with Crippen LogP contribution in [0.5, 0.6) is 11.5 Å². The predicted octanol–water partition coefficient (Wildman–Crippen LogP) is 5.76. The molecule has 0 radical (unpaired) electrons. The van der Waals surface area contributed by atoms with Crippen LogP contribution in [0, 0.1) is 10.1 Å². The Kier molecular flexibility index (Phi) is 9.45. The third kappa shape index (κ3) is 7.36. The van der Waals surface area contributed by atoms with Crippen LogP contribution in [0.2, 0.25) is 0 Å². The number of methoxy groups -OCH3 is 2. The molecule has 0 aromatic heterocycles. The fraction of sp³-hybridized carbons (Fsp3) is 0.125. The normalized spacial score (nSPS) is 10.9. The molecule has 9 heteroatoms. The van der Waals surface area contributed by atoms with Gasteiger partial charge in [-0.2, -0.15) is 0 Å². The van der Waals surface area contributed by atoms with Crippen molar-refractivity contribution in [2.45, 2.75) is 6.42 Å². The molecule has 0 saturated heterocycles. The molecule has 0 fully saturated rings. The van der Waals surface area contributed by atoms with Crippen LogP contribution in [0.1, 0.15) is 27.0 Å². The summed E-state index contributed by atoms with van der Waals surface area (Å²) < 4.78 is 10.6. The highest BCUT2D eigenvalue weighted by Gasteiger charge is 2.18. The van der Waals surface area contributed by atoms with Crippen LogP contribution in [0.15, 0.2) is 97.1 Å². The zero-order chi connectivity index (χ0) is 29.2. The zero-order valence-corrected chi connectivity index (χ0v) is 22.6. The van der Waals surface area contributed by atoms with Crippen LogP contribution in [-0.2, 0) is 11.2 Å². The number of carbonyl (C=O) groups excluding carboxylic acids is 2. The third-order valence-electron chi connectivity index (χ3n) is 6.29. The van der Waals surface area contributed by atoms with Crippen molar-refractivity contribution in [1.82, 2.24) is 5.32 Å². The standard InChI is InChI=1S/C32H29N3O6/c1-40-29-16-15-22(21-30(29)41-2)17-18-33-31(36)26-13-6-7-14-28(26)34-32(37)27(24-10-4-3-5-11-24)20-23-9-8-12-25(19-23)35(38)39/h3-16,19-21H,17-18H2,1-2H3,(H,33,36)(H,34,37)/b27-20+. The van der Waals surface area contributed by atoms with Gasteiger partial charge in [-0.15, -0.1) is 0 Å². The summed E-state index contributed by atoms with van der Waals surface area (Å²) in [6, 6.07) is 27.3. The number of nitro benzene ring substituents is 1. The van der Waals surface area contributed by atoms with Crippen LogP contribution in [0.4, 0.5) is 11.4 Å². The number of non-ortho nitro benzene ring substituents is 1. The van der Waals surface area contributed by atoms with Crippen molar-refractivity contribution in [3.05, 3.63) is 129 Å². The van der Waals surface area contributed by atoms with E-state index in [1.807, 2.05) is 24.3 Å². The Morgan fingerprint density at radius 2 is 1.59 bits per heavy atom. The van der Waals surface area contributed by atoms with Crippen LogP contribution >= 0.6 is 0 Å². The van der Waals surface area contributed by atoms with Crippen molar-refractivity contribution in [2.24, 2.45) is 0 Å². The zero-order valence-electron chi connectivity index (χ0n) is 22.6. The molecule has 0 saturated carbocycles. The van der Waals surface area contributed by atoms with E-state index in [-0.39, 0.29) is 17.2 Å². The lowest BCUT2D eigenvalue weighted by molar-refractivity contribution is -0.384. The minimum absolute atomic E-state index is 0.0818. The van der Waals surface area contributed by atoms with Crippen molar-refractivity contribution < 1.29 is 24.0 Å². The fourth-order valence-corrected chi connectivity index (χ4v) is 4.22. The molecule has 4 rings (SSSR count). The number of nitro groups is 1. The molecule has 0 heterocycles. The van der Waals surface area contributed by atoms with Crippen molar-refractivity contribution in [3.8, 4) is 11.5 Å². The summed E-state index contributed by atoms with van der Waals surface area (Å²) in [4.78, 5) is 37.4. The number of para-hydroxylation sites is 1.